The average molecular weight is 679 g/mol. The summed E-state index contributed by atoms with van der Waals surface area (Å²) < 4.78 is 80.7. The molecular weight excluding hydrogens is 645 g/mol. The third kappa shape index (κ3) is 4.30. The number of hydrogen-bond acceptors (Lipinski definition) is 5. The second-order valence-electron chi connectivity index (χ2n) is 12.2. The highest BCUT2D eigenvalue weighted by atomic mass is 32.1. The second-order valence-corrected chi connectivity index (χ2v) is 13.2. The molecular formula is C45H26N4OS. The first-order valence-corrected chi connectivity index (χ1v) is 17.1. The summed E-state index contributed by atoms with van der Waals surface area (Å²) in [5.41, 5.74) is 4.72. The van der Waals surface area contributed by atoms with Crippen LogP contribution in [0.3, 0.4) is 0 Å². The third-order valence-corrected chi connectivity index (χ3v) is 10.4. The summed E-state index contributed by atoms with van der Waals surface area (Å²) in [5.74, 6) is 1.50. The molecule has 0 saturated carbocycles. The van der Waals surface area contributed by atoms with Crippen molar-refractivity contribution in [3.05, 3.63) is 158 Å². The average Bonchev–Trinajstić information content (AvgIpc) is 3.95. The summed E-state index contributed by atoms with van der Waals surface area (Å²) >= 11 is 1.19. The Morgan fingerprint density at radius 1 is 0.529 bits per heavy atom. The van der Waals surface area contributed by atoms with Crippen molar-refractivity contribution in [3.8, 4) is 39.9 Å². The topological polar surface area (TPSA) is 56.7 Å². The molecule has 0 amide bonds. The molecule has 11 aromatic rings. The maximum Gasteiger partial charge on any atom is 0.164 e. The van der Waals surface area contributed by atoms with Crippen LogP contribution in [0.25, 0.3) is 104 Å². The highest BCUT2D eigenvalue weighted by Crippen LogP contribution is 2.45. The van der Waals surface area contributed by atoms with E-state index in [4.69, 9.17) is 26.2 Å². The third-order valence-electron chi connectivity index (χ3n) is 9.23. The molecule has 0 radical (unpaired) electrons. The van der Waals surface area contributed by atoms with E-state index >= 15 is 0 Å². The van der Waals surface area contributed by atoms with E-state index in [2.05, 4.69) is 0 Å². The molecule has 51 heavy (non-hydrogen) atoms. The fraction of sp³-hybridized carbons (Fsp3) is 0. The number of aromatic nitrogens is 4. The molecule has 0 aliphatic rings. The molecule has 7 aromatic carbocycles. The summed E-state index contributed by atoms with van der Waals surface area (Å²) in [4.78, 5) is 14.6. The van der Waals surface area contributed by atoms with Crippen molar-refractivity contribution in [1.82, 2.24) is 19.5 Å². The van der Waals surface area contributed by atoms with Gasteiger partial charge in [-0.05, 0) is 36.4 Å². The zero-order valence-electron chi connectivity index (χ0n) is 34.5. The van der Waals surface area contributed by atoms with Crippen LogP contribution in [0.4, 0.5) is 0 Å². The quantitative estimate of drug-likeness (QED) is 0.186. The van der Waals surface area contributed by atoms with Crippen molar-refractivity contribution in [2.75, 3.05) is 0 Å². The lowest BCUT2D eigenvalue weighted by atomic mass is 10.1. The predicted octanol–water partition coefficient (Wildman–Crippen LogP) is 12.2. The van der Waals surface area contributed by atoms with Crippen molar-refractivity contribution < 1.29 is 15.4 Å². The molecule has 0 spiro atoms. The van der Waals surface area contributed by atoms with Gasteiger partial charge >= 0.3 is 0 Å². The van der Waals surface area contributed by atoms with Crippen LogP contribution in [0, 0.1) is 0 Å². The summed E-state index contributed by atoms with van der Waals surface area (Å²) in [6.45, 7) is 0. The number of benzene rings is 7. The Hall–Kier alpha value is -6.63. The lowest BCUT2D eigenvalue weighted by Crippen LogP contribution is -2.00. The van der Waals surface area contributed by atoms with Gasteiger partial charge in [0.2, 0.25) is 0 Å². The van der Waals surface area contributed by atoms with Crippen molar-refractivity contribution in [2.24, 2.45) is 0 Å². The molecule has 0 atom stereocenters. The van der Waals surface area contributed by atoms with Crippen molar-refractivity contribution in [2.45, 2.75) is 0 Å². The number of hydrogen-bond donors (Lipinski definition) is 0. The Bertz CT molecular complexity index is 3550. The molecule has 0 aliphatic heterocycles. The van der Waals surface area contributed by atoms with Crippen LogP contribution in [0.15, 0.2) is 162 Å². The van der Waals surface area contributed by atoms with Gasteiger partial charge in [0.25, 0.3) is 0 Å². The first-order valence-electron chi connectivity index (χ1n) is 20.3. The number of nitrogens with zero attached hydrogens (tertiary/aromatic N) is 4. The van der Waals surface area contributed by atoms with Gasteiger partial charge in [0.15, 0.2) is 17.5 Å². The van der Waals surface area contributed by atoms with Crippen molar-refractivity contribution >= 4 is 75.3 Å². The first kappa shape index (κ1) is 21.5. The number of thiophene rings is 1. The first-order chi connectivity index (χ1) is 28.6. The number of para-hydroxylation sites is 1. The minimum absolute atomic E-state index is 0.0310. The van der Waals surface area contributed by atoms with E-state index in [1.54, 1.807) is 0 Å². The number of fused-ring (bicyclic) bond motifs is 10. The molecule has 0 saturated heterocycles. The van der Waals surface area contributed by atoms with Crippen molar-refractivity contribution in [1.29, 1.82) is 0 Å². The summed E-state index contributed by atoms with van der Waals surface area (Å²) in [7, 11) is 0. The van der Waals surface area contributed by atoms with E-state index in [0.29, 0.717) is 60.2 Å². The standard InChI is InChI=1S/C45H26N4OS/c1-3-12-27(13-4-1)43-46-44(28-14-5-2-6-15-28)48-45(47-43)29-22-23-34-38(26-29)50-37-20-11-19-36(40(34)37)49-35-18-9-7-16-30(35)32-24-25-33-31-17-8-10-21-39(31)51-42(33)41(32)49/h1-26H/i7D,8D,16D,17D,18D,21D,24D,25D. The van der Waals surface area contributed by atoms with Gasteiger partial charge in [-0.25, -0.2) is 15.0 Å². The molecule has 4 heterocycles. The smallest absolute Gasteiger partial charge is 0.164 e. The highest BCUT2D eigenvalue weighted by Gasteiger charge is 2.21. The normalized spacial score (nSPS) is 14.1. The molecule has 0 aliphatic carbocycles. The Balaban J connectivity index is 1.22. The van der Waals surface area contributed by atoms with E-state index in [-0.39, 0.29) is 75.4 Å². The van der Waals surface area contributed by atoms with Crippen LogP contribution in [0.2, 0.25) is 0 Å². The van der Waals surface area contributed by atoms with Gasteiger partial charge in [0, 0.05) is 48.3 Å². The van der Waals surface area contributed by atoms with E-state index in [1.807, 2.05) is 102 Å². The van der Waals surface area contributed by atoms with Gasteiger partial charge < -0.3 is 8.98 Å². The fourth-order valence-corrected chi connectivity index (χ4v) is 8.09. The van der Waals surface area contributed by atoms with Crippen molar-refractivity contribution in [3.63, 3.8) is 0 Å². The molecule has 5 nitrogen and oxygen atoms in total. The van der Waals surface area contributed by atoms with E-state index in [1.165, 1.54) is 23.5 Å². The predicted molar refractivity (Wildman–Crippen MR) is 211 cm³/mol. The Morgan fingerprint density at radius 3 is 1.98 bits per heavy atom. The lowest BCUT2D eigenvalue weighted by Gasteiger charge is -2.10. The SMILES string of the molecule is [2H]c1cc([2H])c2sc3c(c([2H])c([2H])c4c5c([2H])c([2H])cc([2H])c5n(-c5cccc6oc7cc(-c8nc(-c9ccccc9)nc(-c9ccccc9)n8)ccc7c56)c34)c2c1[2H]. The summed E-state index contributed by atoms with van der Waals surface area (Å²) in [5, 5.41) is 2.36. The molecule has 6 heteroatoms. The highest BCUT2D eigenvalue weighted by molar-refractivity contribution is 7.26. The van der Waals surface area contributed by atoms with Gasteiger partial charge in [-0.2, -0.15) is 0 Å². The lowest BCUT2D eigenvalue weighted by molar-refractivity contribution is 0.669. The Morgan fingerprint density at radius 2 is 1.22 bits per heavy atom. The molecule has 4 aromatic heterocycles. The molecule has 238 valence electrons. The minimum atomic E-state index is -0.230. The van der Waals surface area contributed by atoms with Gasteiger partial charge in [-0.3, -0.25) is 0 Å². The van der Waals surface area contributed by atoms with Gasteiger partial charge in [-0.1, -0.05) is 121 Å². The number of rotatable bonds is 4. The van der Waals surface area contributed by atoms with Gasteiger partial charge in [-0.15, -0.1) is 11.3 Å². The largest absolute Gasteiger partial charge is 0.456 e. The van der Waals surface area contributed by atoms with Crippen LogP contribution in [0.5, 0.6) is 0 Å². The van der Waals surface area contributed by atoms with E-state index in [9.17, 15) is 4.11 Å². The van der Waals surface area contributed by atoms with Crippen LogP contribution in [-0.4, -0.2) is 19.5 Å². The van der Waals surface area contributed by atoms with Gasteiger partial charge in [0.05, 0.1) is 37.8 Å². The Kier molecular flexibility index (Phi) is 4.60. The van der Waals surface area contributed by atoms with Crippen LogP contribution < -0.4 is 0 Å². The maximum absolute atomic E-state index is 9.38. The molecule has 0 unspecified atom stereocenters. The fourth-order valence-electron chi connectivity index (χ4n) is 6.96. The van der Waals surface area contributed by atoms with Crippen LogP contribution in [-0.2, 0) is 0 Å². The van der Waals surface area contributed by atoms with Crippen LogP contribution in [0.1, 0.15) is 11.0 Å². The Labute approximate surface area is 307 Å². The van der Waals surface area contributed by atoms with Crippen LogP contribution >= 0.6 is 11.3 Å². The monoisotopic (exact) mass is 678 g/mol. The maximum atomic E-state index is 9.38. The number of furan rings is 1. The zero-order valence-corrected chi connectivity index (χ0v) is 27.3. The zero-order chi connectivity index (χ0) is 40.4. The minimum Gasteiger partial charge on any atom is -0.456 e. The summed E-state index contributed by atoms with van der Waals surface area (Å²) in [6, 6.07) is 32.2. The van der Waals surface area contributed by atoms with E-state index in [0.717, 1.165) is 16.5 Å². The second kappa shape index (κ2) is 10.9. The molecule has 0 bridgehead atoms. The summed E-state index contributed by atoms with van der Waals surface area (Å²) in [6.07, 6.45) is 0. The molecule has 11 rings (SSSR count). The molecule has 0 fully saturated rings. The van der Waals surface area contributed by atoms with E-state index < -0.39 is 0 Å². The molecule has 0 N–H and O–H groups in total. The van der Waals surface area contributed by atoms with Gasteiger partial charge in [0.1, 0.15) is 11.2 Å².